The summed E-state index contributed by atoms with van der Waals surface area (Å²) in [5.41, 5.74) is -1.42. The van der Waals surface area contributed by atoms with Gasteiger partial charge in [-0.15, -0.1) is 0 Å². The number of oxime groups is 4. The van der Waals surface area contributed by atoms with Crippen LogP contribution >= 0.6 is 0 Å². The maximum absolute atomic E-state index is 12.9. The van der Waals surface area contributed by atoms with Gasteiger partial charge in [0.1, 0.15) is 22.6 Å². The molecule has 0 fully saturated rings. The Kier molecular flexibility index (Phi) is 14.8. The average Bonchev–Trinajstić information content (AvgIpc) is 3.03. The second-order valence-corrected chi connectivity index (χ2v) is 7.99. The van der Waals surface area contributed by atoms with Crippen molar-refractivity contribution in [3.8, 4) is 11.5 Å². The van der Waals surface area contributed by atoms with Crippen molar-refractivity contribution in [1.29, 1.82) is 0 Å². The maximum atomic E-state index is 12.9. The number of rotatable bonds is 10. The van der Waals surface area contributed by atoms with Gasteiger partial charge in [-0.05, 0) is 24.3 Å². The number of hydrogen-bond donors (Lipinski definition) is 2. The second kappa shape index (κ2) is 18.5. The maximum Gasteiger partial charge on any atom is 0.596 e. The molecule has 221 valence electrons. The zero-order chi connectivity index (χ0) is 30.2. The topological polar surface area (TPSA) is 108 Å². The van der Waals surface area contributed by atoms with Crippen molar-refractivity contribution >= 4 is 37.2 Å². The van der Waals surface area contributed by atoms with Gasteiger partial charge in [0.05, 0.1) is 0 Å². The van der Waals surface area contributed by atoms with Gasteiger partial charge in [-0.25, -0.2) is 0 Å². The Morgan fingerprint density at radius 3 is 1.02 bits per heavy atom. The van der Waals surface area contributed by atoms with Crippen molar-refractivity contribution < 1.29 is 54.1 Å². The average molecular weight is 635 g/mol. The van der Waals surface area contributed by atoms with Crippen molar-refractivity contribution in [3.63, 3.8) is 0 Å². The molecule has 0 aromatic heterocycles. The van der Waals surface area contributed by atoms with E-state index < -0.39 is 25.8 Å². The van der Waals surface area contributed by atoms with Crippen molar-refractivity contribution in [1.82, 2.24) is 0 Å². The van der Waals surface area contributed by atoms with Gasteiger partial charge < -0.3 is 20.1 Å². The fourth-order valence-electron chi connectivity index (χ4n) is 3.23. The van der Waals surface area contributed by atoms with Gasteiger partial charge in [0.2, 0.25) is 0 Å². The van der Waals surface area contributed by atoms with Crippen LogP contribution in [-0.2, 0) is 16.8 Å². The Balaban J connectivity index is 0.000000293. The molecule has 2 N–H and O–H groups in total. The van der Waals surface area contributed by atoms with Gasteiger partial charge in [-0.2, -0.15) is 0 Å². The van der Waals surface area contributed by atoms with Crippen LogP contribution in [0, 0.1) is 0 Å². The molecule has 0 aliphatic carbocycles. The Labute approximate surface area is 255 Å². The molecule has 0 amide bonds. The van der Waals surface area contributed by atoms with Gasteiger partial charge in [-0.1, -0.05) is 118 Å². The van der Waals surface area contributed by atoms with E-state index in [9.17, 15) is 17.3 Å². The molecule has 4 aromatic carbocycles. The van der Waals surface area contributed by atoms with Gasteiger partial charge in [0, 0.05) is 27.9 Å². The minimum atomic E-state index is -2.98. The van der Waals surface area contributed by atoms with E-state index in [2.05, 4.69) is 20.6 Å². The van der Waals surface area contributed by atoms with Crippen molar-refractivity contribution in [3.05, 3.63) is 132 Å². The molecule has 1 radical (unpaired) electrons. The third kappa shape index (κ3) is 10.8. The quantitative estimate of drug-likeness (QED) is 0.0680. The van der Waals surface area contributed by atoms with Crippen LogP contribution < -0.4 is 9.68 Å². The molecule has 0 saturated heterocycles. The summed E-state index contributed by atoms with van der Waals surface area (Å²) in [5.74, 6) is 0.773. The second-order valence-electron chi connectivity index (χ2n) is 7.99. The van der Waals surface area contributed by atoms with Gasteiger partial charge in [0.25, 0.3) is 0 Å². The summed E-state index contributed by atoms with van der Waals surface area (Å²) in [6.07, 6.45) is 0. The standard InChI is InChI=1S/2C14H11BF2N2O2.Co/c2*16-15(17)14(18-20)13(11-7-3-1-4-8-11)19-21-12-9-5-2-6-10-12;/h2*1-10,20H;. The molecule has 15 heteroatoms. The Morgan fingerprint density at radius 2 is 0.767 bits per heavy atom. The Morgan fingerprint density at radius 1 is 0.488 bits per heavy atom. The van der Waals surface area contributed by atoms with E-state index in [1.54, 1.807) is 121 Å². The smallest absolute Gasteiger partial charge is 0.411 e. The molecule has 4 aromatic rings. The number of halogens is 4. The fraction of sp³-hybridized carbons (Fsp3) is 0. The van der Waals surface area contributed by atoms with Crippen molar-refractivity contribution in [2.75, 3.05) is 0 Å². The Hall–Kier alpha value is -4.88. The first-order valence-corrected chi connectivity index (χ1v) is 12.2. The molecule has 0 atom stereocenters. The number of hydrogen-bond acceptors (Lipinski definition) is 8. The van der Waals surface area contributed by atoms with Crippen LogP contribution in [0.1, 0.15) is 11.1 Å². The fourth-order valence-corrected chi connectivity index (χ4v) is 3.23. The number of para-hydroxylation sites is 2. The predicted molar refractivity (Wildman–Crippen MR) is 154 cm³/mol. The molecule has 0 saturated carbocycles. The molecule has 43 heavy (non-hydrogen) atoms. The molecular weight excluding hydrogens is 613 g/mol. The van der Waals surface area contributed by atoms with E-state index in [1.165, 1.54) is 0 Å². The zero-order valence-corrected chi connectivity index (χ0v) is 23.1. The van der Waals surface area contributed by atoms with Crippen molar-refractivity contribution in [2.24, 2.45) is 20.6 Å². The summed E-state index contributed by atoms with van der Waals surface area (Å²) in [5, 5.41) is 30.3. The van der Waals surface area contributed by atoms with Gasteiger partial charge in [-0.3, -0.25) is 17.3 Å². The summed E-state index contributed by atoms with van der Waals surface area (Å²) in [7, 11) is -5.96. The summed E-state index contributed by atoms with van der Waals surface area (Å²) in [6, 6.07) is 33.4. The van der Waals surface area contributed by atoms with E-state index in [0.717, 1.165) is 0 Å². The molecule has 4 rings (SSSR count). The van der Waals surface area contributed by atoms with Crippen molar-refractivity contribution in [2.45, 2.75) is 0 Å². The van der Waals surface area contributed by atoms with E-state index in [-0.39, 0.29) is 28.2 Å². The monoisotopic (exact) mass is 635 g/mol. The van der Waals surface area contributed by atoms with Crippen LogP contribution in [0.25, 0.3) is 0 Å². The molecule has 0 bridgehead atoms. The molecule has 8 nitrogen and oxygen atoms in total. The predicted octanol–water partition coefficient (Wildman–Crippen LogP) is 6.53. The van der Waals surface area contributed by atoms with Crippen LogP contribution in [0.4, 0.5) is 17.3 Å². The first-order valence-electron chi connectivity index (χ1n) is 12.2. The minimum absolute atomic E-state index is 0. The van der Waals surface area contributed by atoms with E-state index >= 15 is 0 Å². The van der Waals surface area contributed by atoms with Crippen LogP contribution in [0.15, 0.2) is 142 Å². The third-order valence-electron chi connectivity index (χ3n) is 5.18. The van der Waals surface area contributed by atoms with E-state index in [4.69, 9.17) is 20.1 Å². The summed E-state index contributed by atoms with van der Waals surface area (Å²) >= 11 is 0. The molecular formula is C28H22B2CoF4N4O4. The molecule has 0 aliphatic heterocycles. The zero-order valence-electron chi connectivity index (χ0n) is 22.0. The molecule has 0 unspecified atom stereocenters. The largest absolute Gasteiger partial charge is 0.596 e. The van der Waals surface area contributed by atoms with Crippen LogP contribution in [0.2, 0.25) is 0 Å². The van der Waals surface area contributed by atoms with Gasteiger partial charge in [0.15, 0.2) is 11.5 Å². The summed E-state index contributed by atoms with van der Waals surface area (Å²) < 4.78 is 51.7. The van der Waals surface area contributed by atoms with E-state index in [0.29, 0.717) is 22.6 Å². The molecule has 0 aliphatic rings. The number of nitrogens with zero attached hydrogens (tertiary/aromatic N) is 4. The van der Waals surface area contributed by atoms with Crippen LogP contribution in [0.5, 0.6) is 11.5 Å². The normalized spacial score (nSPS) is 11.8. The van der Waals surface area contributed by atoms with E-state index in [1.807, 2.05) is 0 Å². The summed E-state index contributed by atoms with van der Waals surface area (Å²) in [6.45, 7) is 0. The Bertz CT molecular complexity index is 1390. The first kappa shape index (κ1) is 34.3. The third-order valence-corrected chi connectivity index (χ3v) is 5.18. The van der Waals surface area contributed by atoms with Crippen LogP contribution in [0.3, 0.4) is 0 Å². The SMILES string of the molecule is ON=C(B(F)F)C(=NOc1ccccc1)c1ccccc1.ON=C(B(F)F)C(=NOc1ccccc1)c1ccccc1.[Co]. The summed E-state index contributed by atoms with van der Waals surface area (Å²) in [4.78, 5) is 10.2. The van der Waals surface area contributed by atoms with Gasteiger partial charge >= 0.3 is 14.5 Å². The first-order chi connectivity index (χ1) is 20.4. The number of benzene rings is 4. The molecule has 0 spiro atoms. The molecule has 0 heterocycles. The minimum Gasteiger partial charge on any atom is -0.411 e. The van der Waals surface area contributed by atoms with Crippen LogP contribution in [-0.4, -0.2) is 47.6 Å².